The number of rotatable bonds is 5. The summed E-state index contributed by atoms with van der Waals surface area (Å²) in [6.07, 6.45) is 2.95. The van der Waals surface area contributed by atoms with Crippen molar-refractivity contribution in [1.82, 2.24) is 9.97 Å². The lowest BCUT2D eigenvalue weighted by molar-refractivity contribution is 0.290. The molecule has 0 bridgehead atoms. The van der Waals surface area contributed by atoms with Crippen molar-refractivity contribution in [2.45, 2.75) is 6.61 Å². The van der Waals surface area contributed by atoms with E-state index in [4.69, 9.17) is 25.8 Å². The summed E-state index contributed by atoms with van der Waals surface area (Å²) in [5, 5.41) is 0.292. The molecule has 0 spiro atoms. The molecule has 0 atom stereocenters. The third kappa shape index (κ3) is 3.72. The van der Waals surface area contributed by atoms with Crippen LogP contribution in [0.3, 0.4) is 0 Å². The van der Waals surface area contributed by atoms with E-state index >= 15 is 0 Å². The maximum atomic E-state index is 5.73. The molecule has 0 amide bonds. The van der Waals surface area contributed by atoms with Gasteiger partial charge in [0.15, 0.2) is 5.15 Å². The van der Waals surface area contributed by atoms with Gasteiger partial charge in [-0.3, -0.25) is 4.98 Å². The molecule has 0 radical (unpaired) electrons. The molecule has 0 saturated heterocycles. The van der Waals surface area contributed by atoms with Gasteiger partial charge in [-0.15, -0.1) is 0 Å². The molecule has 2 rings (SSSR count). The molecule has 0 aliphatic rings. The van der Waals surface area contributed by atoms with Crippen LogP contribution in [0.5, 0.6) is 17.4 Å². The smallest absolute Gasteiger partial charge is 0.234 e. The third-order valence-corrected chi connectivity index (χ3v) is 2.56. The van der Waals surface area contributed by atoms with Crippen LogP contribution in [0, 0.1) is 0 Å². The van der Waals surface area contributed by atoms with Crippen molar-refractivity contribution in [3.63, 3.8) is 0 Å². The van der Waals surface area contributed by atoms with Crippen LogP contribution in [0.4, 0.5) is 0 Å². The number of methoxy groups -OCH3 is 2. The molecule has 1 aromatic carbocycles. The van der Waals surface area contributed by atoms with Crippen molar-refractivity contribution in [1.29, 1.82) is 0 Å². The first-order valence-corrected chi connectivity index (χ1v) is 5.91. The standard InChI is InChI=1S/C13H13ClN2O3/c1-17-10-3-9(4-11(5-10)18-2)8-19-13-7-15-6-12(14)16-13/h3-7H,8H2,1-2H3. The predicted octanol–water partition coefficient (Wildman–Crippen LogP) is 2.73. The number of benzene rings is 1. The van der Waals surface area contributed by atoms with Crippen molar-refractivity contribution in [3.05, 3.63) is 41.3 Å². The number of halogens is 1. The fraction of sp³-hybridized carbons (Fsp3) is 0.231. The fourth-order valence-corrected chi connectivity index (χ4v) is 1.64. The number of hydrogen-bond donors (Lipinski definition) is 0. The molecule has 6 heteroatoms. The van der Waals surface area contributed by atoms with Crippen LogP contribution in [0.25, 0.3) is 0 Å². The van der Waals surface area contributed by atoms with Gasteiger partial charge >= 0.3 is 0 Å². The molecule has 0 fully saturated rings. The zero-order valence-corrected chi connectivity index (χ0v) is 11.3. The van der Waals surface area contributed by atoms with E-state index < -0.39 is 0 Å². The number of ether oxygens (including phenoxy) is 3. The highest BCUT2D eigenvalue weighted by atomic mass is 35.5. The minimum absolute atomic E-state index is 0.292. The molecular formula is C13H13ClN2O3. The van der Waals surface area contributed by atoms with E-state index in [1.807, 2.05) is 12.1 Å². The van der Waals surface area contributed by atoms with Crippen molar-refractivity contribution in [2.75, 3.05) is 14.2 Å². The minimum atomic E-state index is 0.292. The van der Waals surface area contributed by atoms with E-state index in [-0.39, 0.29) is 0 Å². The lowest BCUT2D eigenvalue weighted by atomic mass is 10.2. The zero-order valence-electron chi connectivity index (χ0n) is 10.6. The monoisotopic (exact) mass is 280 g/mol. The zero-order chi connectivity index (χ0) is 13.7. The second-order valence-electron chi connectivity index (χ2n) is 3.69. The van der Waals surface area contributed by atoms with Crippen molar-refractivity contribution >= 4 is 11.6 Å². The summed E-state index contributed by atoms with van der Waals surface area (Å²) in [6.45, 7) is 0.322. The van der Waals surface area contributed by atoms with E-state index in [9.17, 15) is 0 Å². The van der Waals surface area contributed by atoms with Gasteiger partial charge in [0.2, 0.25) is 5.88 Å². The van der Waals surface area contributed by atoms with Crippen LogP contribution in [-0.2, 0) is 6.61 Å². The van der Waals surface area contributed by atoms with Gasteiger partial charge in [0.25, 0.3) is 0 Å². The van der Waals surface area contributed by atoms with Crippen molar-refractivity contribution < 1.29 is 14.2 Å². The van der Waals surface area contributed by atoms with E-state index in [0.717, 1.165) is 5.56 Å². The minimum Gasteiger partial charge on any atom is -0.497 e. The molecular weight excluding hydrogens is 268 g/mol. The topological polar surface area (TPSA) is 53.5 Å². The molecule has 0 unspecified atom stereocenters. The highest BCUT2D eigenvalue weighted by molar-refractivity contribution is 6.29. The summed E-state index contributed by atoms with van der Waals surface area (Å²) in [6, 6.07) is 5.52. The molecule has 0 saturated carbocycles. The molecule has 2 aromatic rings. The molecule has 0 aliphatic carbocycles. The Morgan fingerprint density at radius 3 is 2.32 bits per heavy atom. The first-order valence-electron chi connectivity index (χ1n) is 5.53. The van der Waals surface area contributed by atoms with Crippen molar-refractivity contribution in [2.24, 2.45) is 0 Å². The van der Waals surface area contributed by atoms with Crippen molar-refractivity contribution in [3.8, 4) is 17.4 Å². The SMILES string of the molecule is COc1cc(COc2cncc(Cl)n2)cc(OC)c1. The Kier molecular flexibility index (Phi) is 4.41. The lowest BCUT2D eigenvalue weighted by Crippen LogP contribution is -1.99. The molecule has 1 heterocycles. The summed E-state index contributed by atoms with van der Waals surface area (Å²) in [7, 11) is 3.20. The molecule has 5 nitrogen and oxygen atoms in total. The first-order chi connectivity index (χ1) is 9.21. The van der Waals surface area contributed by atoms with E-state index in [2.05, 4.69) is 9.97 Å². The summed E-state index contributed by atoms with van der Waals surface area (Å²) >= 11 is 5.73. The number of hydrogen-bond acceptors (Lipinski definition) is 5. The van der Waals surface area contributed by atoms with Crippen LogP contribution < -0.4 is 14.2 Å². The molecule has 19 heavy (non-hydrogen) atoms. The quantitative estimate of drug-likeness (QED) is 0.843. The number of nitrogens with zero attached hydrogens (tertiary/aromatic N) is 2. The van der Waals surface area contributed by atoms with Gasteiger partial charge in [0, 0.05) is 6.07 Å². The Morgan fingerprint density at radius 1 is 1.05 bits per heavy atom. The van der Waals surface area contributed by atoms with Crippen LogP contribution in [0.2, 0.25) is 5.15 Å². The second-order valence-corrected chi connectivity index (χ2v) is 4.08. The summed E-state index contributed by atoms with van der Waals surface area (Å²) < 4.78 is 15.9. The molecule has 1 aromatic heterocycles. The van der Waals surface area contributed by atoms with Crippen LogP contribution in [0.1, 0.15) is 5.56 Å². The van der Waals surface area contributed by atoms with Gasteiger partial charge in [0.05, 0.1) is 26.6 Å². The first kappa shape index (κ1) is 13.4. The average Bonchev–Trinajstić information content (AvgIpc) is 2.44. The Bertz CT molecular complexity index is 541. The van der Waals surface area contributed by atoms with E-state index in [1.54, 1.807) is 20.3 Å². The maximum absolute atomic E-state index is 5.73. The van der Waals surface area contributed by atoms with Gasteiger partial charge < -0.3 is 14.2 Å². The molecule has 0 aliphatic heterocycles. The van der Waals surface area contributed by atoms with Gasteiger partial charge in [-0.2, -0.15) is 4.98 Å². The van der Waals surface area contributed by atoms with Gasteiger partial charge in [-0.1, -0.05) is 11.6 Å². The Hall–Kier alpha value is -2.01. The average molecular weight is 281 g/mol. The number of aromatic nitrogens is 2. The highest BCUT2D eigenvalue weighted by Gasteiger charge is 2.04. The second kappa shape index (κ2) is 6.24. The van der Waals surface area contributed by atoms with Crippen LogP contribution >= 0.6 is 11.6 Å². The van der Waals surface area contributed by atoms with Crippen LogP contribution in [0.15, 0.2) is 30.6 Å². The van der Waals surface area contributed by atoms with Gasteiger partial charge in [-0.05, 0) is 17.7 Å². The predicted molar refractivity (Wildman–Crippen MR) is 70.9 cm³/mol. The molecule has 0 N–H and O–H groups in total. The van der Waals surface area contributed by atoms with E-state index in [1.165, 1.54) is 12.4 Å². The van der Waals surface area contributed by atoms with E-state index in [0.29, 0.717) is 29.1 Å². The third-order valence-electron chi connectivity index (χ3n) is 2.38. The highest BCUT2D eigenvalue weighted by Crippen LogP contribution is 2.23. The fourth-order valence-electron chi connectivity index (χ4n) is 1.50. The summed E-state index contributed by atoms with van der Waals surface area (Å²) in [5.74, 6) is 1.78. The Labute approximate surface area is 116 Å². The van der Waals surface area contributed by atoms with Crippen LogP contribution in [-0.4, -0.2) is 24.2 Å². The largest absolute Gasteiger partial charge is 0.497 e. The Morgan fingerprint density at radius 2 is 1.74 bits per heavy atom. The maximum Gasteiger partial charge on any atom is 0.234 e. The summed E-state index contributed by atoms with van der Waals surface area (Å²) in [4.78, 5) is 7.89. The summed E-state index contributed by atoms with van der Waals surface area (Å²) in [5.41, 5.74) is 0.901. The Balaban J connectivity index is 2.10. The molecule has 100 valence electrons. The lowest BCUT2D eigenvalue weighted by Gasteiger charge is -2.09. The van der Waals surface area contributed by atoms with Gasteiger partial charge in [-0.25, -0.2) is 0 Å². The normalized spacial score (nSPS) is 10.1. The van der Waals surface area contributed by atoms with Gasteiger partial charge in [0.1, 0.15) is 18.1 Å².